The fourth-order valence-electron chi connectivity index (χ4n) is 3.51. The number of rotatable bonds is 7. The van der Waals surface area contributed by atoms with Crippen LogP contribution in [0.4, 0.5) is 5.69 Å². The van der Waals surface area contributed by atoms with Crippen molar-refractivity contribution in [3.8, 4) is 5.75 Å². The molecular weight excluding hydrogens is 366 g/mol. The Hall–Kier alpha value is -2.86. The number of methoxy groups -OCH3 is 1. The van der Waals surface area contributed by atoms with Crippen LogP contribution in [-0.4, -0.2) is 43.5 Å². The lowest BCUT2D eigenvalue weighted by Crippen LogP contribution is -2.33. The summed E-state index contributed by atoms with van der Waals surface area (Å²) in [5, 5.41) is 5.45. The number of piperidine rings is 1. The quantitative estimate of drug-likeness (QED) is 0.754. The molecule has 1 saturated heterocycles. The molecular formula is C23H29N3O3. The third kappa shape index (κ3) is 6.06. The maximum Gasteiger partial charge on any atom is 0.251 e. The number of ether oxygens (including phenoxy) is 1. The highest BCUT2D eigenvalue weighted by molar-refractivity contribution is 5.99. The number of benzene rings is 2. The Morgan fingerprint density at radius 1 is 1.03 bits per heavy atom. The fraction of sp³-hybridized carbons (Fsp3) is 0.391. The molecule has 1 heterocycles. The van der Waals surface area contributed by atoms with Crippen molar-refractivity contribution in [2.45, 2.75) is 32.7 Å². The Morgan fingerprint density at radius 3 is 2.45 bits per heavy atom. The van der Waals surface area contributed by atoms with Crippen molar-refractivity contribution in [1.29, 1.82) is 0 Å². The summed E-state index contributed by atoms with van der Waals surface area (Å²) in [7, 11) is 1.55. The van der Waals surface area contributed by atoms with Crippen LogP contribution >= 0.6 is 0 Å². The summed E-state index contributed by atoms with van der Waals surface area (Å²) in [5.74, 6) is 0.0180. The molecule has 1 aliphatic heterocycles. The van der Waals surface area contributed by atoms with E-state index in [1.165, 1.54) is 24.8 Å². The monoisotopic (exact) mass is 395 g/mol. The summed E-state index contributed by atoms with van der Waals surface area (Å²) in [6.45, 7) is 5.03. The first-order valence-corrected chi connectivity index (χ1v) is 10.1. The van der Waals surface area contributed by atoms with Gasteiger partial charge in [0.15, 0.2) is 0 Å². The predicted molar refractivity (Wildman–Crippen MR) is 114 cm³/mol. The Bertz CT molecular complexity index is 843. The van der Waals surface area contributed by atoms with Gasteiger partial charge in [-0.2, -0.15) is 0 Å². The molecule has 0 bridgehead atoms. The van der Waals surface area contributed by atoms with Crippen molar-refractivity contribution in [3.63, 3.8) is 0 Å². The number of likely N-dealkylation sites (tertiary alicyclic amines) is 1. The van der Waals surface area contributed by atoms with Gasteiger partial charge in [0.05, 0.1) is 19.3 Å². The molecule has 6 heteroatoms. The highest BCUT2D eigenvalue weighted by Crippen LogP contribution is 2.24. The van der Waals surface area contributed by atoms with E-state index in [4.69, 9.17) is 4.74 Å². The standard InChI is InChI=1S/C23H29N3O3/c1-17-6-11-21(29-2)20(14-17)25-22(27)15-24-23(28)19-9-7-18(8-10-19)16-26-12-4-3-5-13-26/h6-11,14H,3-5,12-13,15-16H2,1-2H3,(H,24,28)(H,25,27). The van der Waals surface area contributed by atoms with Crippen LogP contribution in [0.2, 0.25) is 0 Å². The van der Waals surface area contributed by atoms with Crippen molar-refractivity contribution in [3.05, 3.63) is 59.2 Å². The zero-order valence-corrected chi connectivity index (χ0v) is 17.2. The lowest BCUT2D eigenvalue weighted by molar-refractivity contribution is -0.115. The molecule has 0 aromatic heterocycles. The normalized spacial score (nSPS) is 14.3. The van der Waals surface area contributed by atoms with Gasteiger partial charge in [0.1, 0.15) is 5.75 Å². The molecule has 1 aliphatic rings. The molecule has 2 amide bonds. The van der Waals surface area contributed by atoms with Gasteiger partial charge in [0, 0.05) is 12.1 Å². The van der Waals surface area contributed by atoms with Gasteiger partial charge in [-0.1, -0.05) is 24.6 Å². The minimum absolute atomic E-state index is 0.106. The Morgan fingerprint density at radius 2 is 1.76 bits per heavy atom. The van der Waals surface area contributed by atoms with Gasteiger partial charge in [-0.3, -0.25) is 14.5 Å². The molecule has 0 saturated carbocycles. The first-order valence-electron chi connectivity index (χ1n) is 10.1. The summed E-state index contributed by atoms with van der Waals surface area (Å²) in [4.78, 5) is 27.0. The number of amides is 2. The molecule has 154 valence electrons. The average Bonchev–Trinajstić information content (AvgIpc) is 2.73. The molecule has 0 unspecified atom stereocenters. The smallest absolute Gasteiger partial charge is 0.251 e. The predicted octanol–water partition coefficient (Wildman–Crippen LogP) is 3.36. The second-order valence-corrected chi connectivity index (χ2v) is 7.47. The van der Waals surface area contributed by atoms with Crippen LogP contribution in [0, 0.1) is 6.92 Å². The van der Waals surface area contributed by atoms with Crippen LogP contribution in [0.3, 0.4) is 0 Å². The van der Waals surface area contributed by atoms with Crippen molar-refractivity contribution < 1.29 is 14.3 Å². The molecule has 0 aliphatic carbocycles. The number of anilines is 1. The molecule has 1 fully saturated rings. The van der Waals surface area contributed by atoms with Crippen LogP contribution < -0.4 is 15.4 Å². The highest BCUT2D eigenvalue weighted by atomic mass is 16.5. The van der Waals surface area contributed by atoms with Gasteiger partial charge < -0.3 is 15.4 Å². The molecule has 0 atom stereocenters. The van der Waals surface area contributed by atoms with Crippen LogP contribution in [0.25, 0.3) is 0 Å². The largest absolute Gasteiger partial charge is 0.495 e. The maximum atomic E-state index is 12.4. The Labute approximate surface area is 172 Å². The van der Waals surface area contributed by atoms with Crippen LogP contribution in [0.15, 0.2) is 42.5 Å². The molecule has 29 heavy (non-hydrogen) atoms. The van der Waals surface area contributed by atoms with E-state index in [1.807, 2.05) is 43.3 Å². The second-order valence-electron chi connectivity index (χ2n) is 7.47. The van der Waals surface area contributed by atoms with E-state index < -0.39 is 0 Å². The van der Waals surface area contributed by atoms with Gasteiger partial charge in [0.25, 0.3) is 5.91 Å². The summed E-state index contributed by atoms with van der Waals surface area (Å²) in [6, 6.07) is 13.1. The van der Waals surface area contributed by atoms with Crippen molar-refractivity contribution in [2.24, 2.45) is 0 Å². The van der Waals surface area contributed by atoms with Gasteiger partial charge in [-0.25, -0.2) is 0 Å². The van der Waals surface area contributed by atoms with Gasteiger partial charge in [-0.15, -0.1) is 0 Å². The number of carbonyl (C=O) groups excluding carboxylic acids is 2. The van der Waals surface area contributed by atoms with E-state index in [0.29, 0.717) is 17.0 Å². The number of nitrogens with zero attached hydrogens (tertiary/aromatic N) is 1. The topological polar surface area (TPSA) is 70.7 Å². The fourth-order valence-corrected chi connectivity index (χ4v) is 3.51. The van der Waals surface area contributed by atoms with E-state index in [9.17, 15) is 9.59 Å². The zero-order chi connectivity index (χ0) is 20.6. The third-order valence-corrected chi connectivity index (χ3v) is 5.11. The number of hydrogen-bond donors (Lipinski definition) is 2. The number of nitrogens with one attached hydrogen (secondary N) is 2. The molecule has 2 aromatic carbocycles. The summed E-state index contributed by atoms with van der Waals surface area (Å²) < 4.78 is 5.26. The number of carbonyl (C=O) groups is 2. The van der Waals surface area contributed by atoms with E-state index in [-0.39, 0.29) is 18.4 Å². The van der Waals surface area contributed by atoms with Crippen LogP contribution in [0.1, 0.15) is 40.7 Å². The first-order chi connectivity index (χ1) is 14.0. The molecule has 2 N–H and O–H groups in total. The van der Waals surface area contributed by atoms with E-state index >= 15 is 0 Å². The minimum Gasteiger partial charge on any atom is -0.495 e. The van der Waals surface area contributed by atoms with Crippen molar-refractivity contribution >= 4 is 17.5 Å². The molecule has 0 radical (unpaired) electrons. The Kier molecular flexibility index (Phi) is 7.25. The molecule has 3 rings (SSSR count). The van der Waals surface area contributed by atoms with Crippen LogP contribution in [0.5, 0.6) is 5.75 Å². The van der Waals surface area contributed by atoms with Crippen molar-refractivity contribution in [2.75, 3.05) is 32.1 Å². The lowest BCUT2D eigenvalue weighted by Gasteiger charge is -2.26. The first kappa shape index (κ1) is 20.9. The lowest BCUT2D eigenvalue weighted by atomic mass is 10.1. The SMILES string of the molecule is COc1ccc(C)cc1NC(=O)CNC(=O)c1ccc(CN2CCCCC2)cc1. The maximum absolute atomic E-state index is 12.4. The molecule has 6 nitrogen and oxygen atoms in total. The van der Waals surface area contributed by atoms with Crippen LogP contribution in [-0.2, 0) is 11.3 Å². The summed E-state index contributed by atoms with van der Waals surface area (Å²) in [5.41, 5.74) is 3.35. The van der Waals surface area contributed by atoms with E-state index in [0.717, 1.165) is 25.2 Å². The van der Waals surface area contributed by atoms with Crippen molar-refractivity contribution in [1.82, 2.24) is 10.2 Å². The van der Waals surface area contributed by atoms with E-state index in [1.54, 1.807) is 13.2 Å². The Balaban J connectivity index is 1.49. The number of aryl methyl sites for hydroxylation is 1. The highest BCUT2D eigenvalue weighted by Gasteiger charge is 2.13. The third-order valence-electron chi connectivity index (χ3n) is 5.11. The zero-order valence-electron chi connectivity index (χ0n) is 17.2. The minimum atomic E-state index is -0.302. The average molecular weight is 396 g/mol. The summed E-state index contributed by atoms with van der Waals surface area (Å²) in [6.07, 6.45) is 3.84. The second kappa shape index (κ2) is 10.1. The number of hydrogen-bond acceptors (Lipinski definition) is 4. The molecule has 2 aromatic rings. The summed E-state index contributed by atoms with van der Waals surface area (Å²) >= 11 is 0. The van der Waals surface area contributed by atoms with Gasteiger partial charge >= 0.3 is 0 Å². The van der Waals surface area contributed by atoms with Gasteiger partial charge in [-0.05, 0) is 68.2 Å². The van der Waals surface area contributed by atoms with Gasteiger partial charge in [0.2, 0.25) is 5.91 Å². The van der Waals surface area contributed by atoms with E-state index in [2.05, 4.69) is 15.5 Å². The molecule has 0 spiro atoms.